The van der Waals surface area contributed by atoms with Crippen LogP contribution in [0.15, 0.2) is 18.5 Å². The van der Waals surface area contributed by atoms with E-state index in [9.17, 15) is 4.79 Å². The highest BCUT2D eigenvalue weighted by Gasteiger charge is 2.28. The lowest BCUT2D eigenvalue weighted by atomic mass is 9.88. The number of anilines is 1. The molecule has 4 heteroatoms. The van der Waals surface area contributed by atoms with Gasteiger partial charge in [-0.1, -0.05) is 6.92 Å². The molecule has 1 atom stereocenters. The lowest BCUT2D eigenvalue weighted by molar-refractivity contribution is -0.121. The lowest BCUT2D eigenvalue weighted by Crippen LogP contribution is -2.48. The number of nitrogens with one attached hydrogen (secondary N) is 2. The van der Waals surface area contributed by atoms with Gasteiger partial charge in [0.05, 0.1) is 11.9 Å². The van der Waals surface area contributed by atoms with Crippen LogP contribution in [0.25, 0.3) is 0 Å². The summed E-state index contributed by atoms with van der Waals surface area (Å²) in [7, 11) is 0. The summed E-state index contributed by atoms with van der Waals surface area (Å²) in [4.78, 5) is 15.9. The van der Waals surface area contributed by atoms with Crippen LogP contribution >= 0.6 is 0 Å². The van der Waals surface area contributed by atoms with Gasteiger partial charge in [0.15, 0.2) is 0 Å². The number of aromatic nitrogens is 1. The van der Waals surface area contributed by atoms with Crippen molar-refractivity contribution in [2.45, 2.75) is 13.8 Å². The maximum atomic E-state index is 11.9. The molecule has 0 bridgehead atoms. The molecule has 2 heterocycles. The third-order valence-corrected chi connectivity index (χ3v) is 3.08. The number of hydrogen-bond donors (Lipinski definition) is 2. The lowest BCUT2D eigenvalue weighted by Gasteiger charge is -2.31. The van der Waals surface area contributed by atoms with Crippen molar-refractivity contribution in [1.29, 1.82) is 0 Å². The van der Waals surface area contributed by atoms with Crippen molar-refractivity contribution in [2.75, 3.05) is 18.4 Å². The zero-order chi connectivity index (χ0) is 11.5. The first kappa shape index (κ1) is 11.1. The molecule has 86 valence electrons. The van der Waals surface area contributed by atoms with Gasteiger partial charge in [-0.15, -0.1) is 0 Å². The van der Waals surface area contributed by atoms with Crippen LogP contribution in [-0.4, -0.2) is 24.0 Å². The molecule has 1 unspecified atom stereocenters. The molecule has 2 N–H and O–H groups in total. The average molecular weight is 219 g/mol. The first-order valence-corrected chi connectivity index (χ1v) is 5.60. The van der Waals surface area contributed by atoms with Crippen LogP contribution in [0.2, 0.25) is 0 Å². The fraction of sp³-hybridized carbons (Fsp3) is 0.500. The number of nitrogens with zero attached hydrogens (tertiary/aromatic N) is 1. The number of rotatable bonds is 3. The number of hydrogen-bond acceptors (Lipinski definition) is 3. The van der Waals surface area contributed by atoms with Crippen molar-refractivity contribution in [1.82, 2.24) is 10.3 Å². The van der Waals surface area contributed by atoms with Crippen molar-refractivity contribution in [2.24, 2.45) is 11.8 Å². The molecule has 1 aromatic heterocycles. The SMILES string of the molecule is Cc1cncc(NC(=O)C(C)C2CNC2)c1. The Balaban J connectivity index is 1.96. The van der Waals surface area contributed by atoms with Gasteiger partial charge in [0.2, 0.25) is 5.91 Å². The maximum Gasteiger partial charge on any atom is 0.227 e. The largest absolute Gasteiger partial charge is 0.324 e. The van der Waals surface area contributed by atoms with E-state index in [1.807, 2.05) is 19.9 Å². The van der Waals surface area contributed by atoms with Crippen molar-refractivity contribution in [3.8, 4) is 0 Å². The van der Waals surface area contributed by atoms with Gasteiger partial charge in [0.25, 0.3) is 0 Å². The molecule has 16 heavy (non-hydrogen) atoms. The molecule has 4 nitrogen and oxygen atoms in total. The van der Waals surface area contributed by atoms with E-state index in [0.717, 1.165) is 24.3 Å². The molecule has 0 aromatic carbocycles. The smallest absolute Gasteiger partial charge is 0.227 e. The van der Waals surface area contributed by atoms with Crippen LogP contribution in [0.5, 0.6) is 0 Å². The van der Waals surface area contributed by atoms with Crippen LogP contribution < -0.4 is 10.6 Å². The van der Waals surface area contributed by atoms with Crippen molar-refractivity contribution < 1.29 is 4.79 Å². The van der Waals surface area contributed by atoms with Gasteiger partial charge < -0.3 is 10.6 Å². The summed E-state index contributed by atoms with van der Waals surface area (Å²) < 4.78 is 0. The van der Waals surface area contributed by atoms with E-state index < -0.39 is 0 Å². The van der Waals surface area contributed by atoms with E-state index in [1.54, 1.807) is 12.4 Å². The van der Waals surface area contributed by atoms with E-state index in [0.29, 0.717) is 5.92 Å². The summed E-state index contributed by atoms with van der Waals surface area (Å²) in [6.07, 6.45) is 3.45. The highest BCUT2D eigenvalue weighted by Crippen LogP contribution is 2.18. The Morgan fingerprint density at radius 2 is 2.31 bits per heavy atom. The van der Waals surface area contributed by atoms with Crippen LogP contribution in [0.4, 0.5) is 5.69 Å². The molecular formula is C12H17N3O. The van der Waals surface area contributed by atoms with Gasteiger partial charge >= 0.3 is 0 Å². The fourth-order valence-corrected chi connectivity index (χ4v) is 1.76. The Kier molecular flexibility index (Phi) is 3.19. The topological polar surface area (TPSA) is 54.0 Å². The van der Waals surface area contributed by atoms with E-state index >= 15 is 0 Å². The number of amides is 1. The first-order chi connectivity index (χ1) is 7.66. The molecule has 0 radical (unpaired) electrons. The molecule has 1 saturated heterocycles. The van der Waals surface area contributed by atoms with E-state index in [-0.39, 0.29) is 11.8 Å². The molecule has 1 fully saturated rings. The number of carbonyl (C=O) groups is 1. The van der Waals surface area contributed by atoms with Crippen LogP contribution in [-0.2, 0) is 4.79 Å². The van der Waals surface area contributed by atoms with Crippen molar-refractivity contribution in [3.05, 3.63) is 24.0 Å². The van der Waals surface area contributed by atoms with Crippen LogP contribution in [0.1, 0.15) is 12.5 Å². The van der Waals surface area contributed by atoms with Gasteiger partial charge in [-0.25, -0.2) is 0 Å². The first-order valence-electron chi connectivity index (χ1n) is 5.60. The number of pyridine rings is 1. The fourth-order valence-electron chi connectivity index (χ4n) is 1.76. The molecular weight excluding hydrogens is 202 g/mol. The summed E-state index contributed by atoms with van der Waals surface area (Å²) in [5, 5.41) is 6.08. The van der Waals surface area contributed by atoms with Gasteiger partial charge in [0, 0.05) is 12.1 Å². The number of aryl methyl sites for hydroxylation is 1. The minimum atomic E-state index is 0.0572. The standard InChI is InChI=1S/C12H17N3O/c1-8-3-11(7-13-4-8)15-12(16)9(2)10-5-14-6-10/h3-4,7,9-10,14H,5-6H2,1-2H3,(H,15,16). The van der Waals surface area contributed by atoms with Gasteiger partial charge in [-0.05, 0) is 37.6 Å². The molecule has 1 amide bonds. The summed E-state index contributed by atoms with van der Waals surface area (Å²) >= 11 is 0. The molecule has 0 saturated carbocycles. The second-order valence-corrected chi connectivity index (χ2v) is 4.45. The van der Waals surface area contributed by atoms with Crippen molar-refractivity contribution in [3.63, 3.8) is 0 Å². The Morgan fingerprint density at radius 3 is 2.88 bits per heavy atom. The third kappa shape index (κ3) is 2.39. The minimum absolute atomic E-state index is 0.0572. The second kappa shape index (κ2) is 4.61. The summed E-state index contributed by atoms with van der Waals surface area (Å²) in [5.74, 6) is 0.610. The highest BCUT2D eigenvalue weighted by molar-refractivity contribution is 5.92. The van der Waals surface area contributed by atoms with E-state index in [4.69, 9.17) is 0 Å². The summed E-state index contributed by atoms with van der Waals surface area (Å²) in [6, 6.07) is 1.93. The number of carbonyl (C=O) groups excluding carboxylic acids is 1. The predicted octanol–water partition coefficient (Wildman–Crippen LogP) is 1.18. The van der Waals surface area contributed by atoms with Gasteiger partial charge in [-0.3, -0.25) is 9.78 Å². The molecule has 1 aliphatic heterocycles. The molecule has 1 aromatic rings. The highest BCUT2D eigenvalue weighted by atomic mass is 16.1. The Hall–Kier alpha value is -1.42. The normalized spacial score (nSPS) is 17.6. The van der Waals surface area contributed by atoms with Crippen molar-refractivity contribution >= 4 is 11.6 Å². The summed E-state index contributed by atoms with van der Waals surface area (Å²) in [6.45, 7) is 5.83. The Labute approximate surface area is 95.5 Å². The summed E-state index contributed by atoms with van der Waals surface area (Å²) in [5.41, 5.74) is 1.83. The third-order valence-electron chi connectivity index (χ3n) is 3.08. The molecule has 0 aliphatic carbocycles. The van der Waals surface area contributed by atoms with Crippen LogP contribution in [0, 0.1) is 18.8 Å². The molecule has 1 aliphatic rings. The van der Waals surface area contributed by atoms with Gasteiger partial charge in [0.1, 0.15) is 0 Å². The second-order valence-electron chi connectivity index (χ2n) is 4.45. The van der Waals surface area contributed by atoms with Gasteiger partial charge in [-0.2, -0.15) is 0 Å². The molecule has 0 spiro atoms. The van der Waals surface area contributed by atoms with E-state index in [1.165, 1.54) is 0 Å². The predicted molar refractivity (Wildman–Crippen MR) is 63.1 cm³/mol. The van der Waals surface area contributed by atoms with E-state index in [2.05, 4.69) is 15.6 Å². The Morgan fingerprint density at radius 1 is 1.56 bits per heavy atom. The monoisotopic (exact) mass is 219 g/mol. The zero-order valence-corrected chi connectivity index (χ0v) is 9.66. The molecule has 2 rings (SSSR count). The Bertz CT molecular complexity index is 388. The minimum Gasteiger partial charge on any atom is -0.324 e. The van der Waals surface area contributed by atoms with Crippen LogP contribution in [0.3, 0.4) is 0 Å². The zero-order valence-electron chi connectivity index (χ0n) is 9.66. The quantitative estimate of drug-likeness (QED) is 0.802. The average Bonchev–Trinajstić information content (AvgIpc) is 2.14. The maximum absolute atomic E-state index is 11.9.